The predicted octanol–water partition coefficient (Wildman–Crippen LogP) is 1.98. The molecule has 1 saturated heterocycles. The molecule has 1 unspecified atom stereocenters. The molecule has 6 heteroatoms. The van der Waals surface area contributed by atoms with Crippen LogP contribution in [0.4, 0.5) is 0 Å². The van der Waals surface area contributed by atoms with E-state index >= 15 is 0 Å². The highest BCUT2D eigenvalue weighted by Crippen LogP contribution is 2.13. The largest absolute Gasteiger partial charge is 0.491 e. The van der Waals surface area contributed by atoms with Crippen molar-refractivity contribution in [3.8, 4) is 5.75 Å². The predicted molar refractivity (Wildman–Crippen MR) is 120 cm³/mol. The number of rotatable bonds is 12. The second-order valence-electron chi connectivity index (χ2n) is 7.92. The molecule has 30 heavy (non-hydrogen) atoms. The first-order valence-corrected chi connectivity index (χ1v) is 10.8. The molecule has 2 aromatic rings. The third-order valence-corrected chi connectivity index (χ3v) is 5.22. The molecule has 1 fully saturated rings. The lowest BCUT2D eigenvalue weighted by Crippen LogP contribution is -2.40. The number of benzene rings is 2. The van der Waals surface area contributed by atoms with Crippen molar-refractivity contribution in [2.45, 2.75) is 19.2 Å². The van der Waals surface area contributed by atoms with E-state index in [0.29, 0.717) is 6.54 Å². The fourth-order valence-corrected chi connectivity index (χ4v) is 3.56. The van der Waals surface area contributed by atoms with Crippen LogP contribution >= 0.6 is 0 Å². The van der Waals surface area contributed by atoms with Gasteiger partial charge in [-0.15, -0.1) is 0 Å². The minimum absolute atomic E-state index is 0.288. The van der Waals surface area contributed by atoms with Gasteiger partial charge in [0.15, 0.2) is 0 Å². The van der Waals surface area contributed by atoms with Crippen molar-refractivity contribution in [3.63, 3.8) is 0 Å². The molecule has 1 heterocycles. The molecule has 1 aliphatic heterocycles. The number of ether oxygens (including phenoxy) is 2. The van der Waals surface area contributed by atoms with Crippen LogP contribution in [0.25, 0.3) is 0 Å². The molecule has 2 aromatic carbocycles. The summed E-state index contributed by atoms with van der Waals surface area (Å²) in [5.74, 6) is 0.789. The van der Waals surface area contributed by atoms with Crippen LogP contribution < -0.4 is 10.1 Å². The quantitative estimate of drug-likeness (QED) is 0.519. The minimum Gasteiger partial charge on any atom is -0.491 e. The third kappa shape index (κ3) is 8.42. The summed E-state index contributed by atoms with van der Waals surface area (Å²) < 4.78 is 11.1. The number of hydrogen-bond acceptors (Lipinski definition) is 6. The first kappa shape index (κ1) is 22.7. The van der Waals surface area contributed by atoms with E-state index < -0.39 is 6.10 Å². The number of aliphatic hydroxyl groups is 1. The Balaban J connectivity index is 1.29. The Morgan fingerprint density at radius 2 is 1.80 bits per heavy atom. The Hall–Kier alpha value is -1.96. The number of aliphatic hydroxyl groups excluding tert-OH is 1. The highest BCUT2D eigenvalue weighted by molar-refractivity contribution is 5.27. The number of nitrogens with one attached hydrogen (secondary N) is 1. The molecular formula is C24H35N3O3. The van der Waals surface area contributed by atoms with E-state index in [1.165, 1.54) is 11.1 Å². The maximum absolute atomic E-state index is 10.3. The molecule has 0 spiro atoms. The van der Waals surface area contributed by atoms with Crippen molar-refractivity contribution in [1.82, 2.24) is 15.1 Å². The van der Waals surface area contributed by atoms with Crippen molar-refractivity contribution in [2.24, 2.45) is 0 Å². The van der Waals surface area contributed by atoms with Crippen molar-refractivity contribution in [1.29, 1.82) is 0 Å². The van der Waals surface area contributed by atoms with Gasteiger partial charge in [-0.1, -0.05) is 42.5 Å². The molecule has 3 rings (SSSR count). The molecule has 164 valence electrons. The average molecular weight is 414 g/mol. The number of nitrogens with zero attached hydrogens (tertiary/aromatic N) is 2. The van der Waals surface area contributed by atoms with Crippen molar-refractivity contribution in [2.75, 3.05) is 59.6 Å². The van der Waals surface area contributed by atoms with Gasteiger partial charge in [-0.05, 0) is 30.3 Å². The average Bonchev–Trinajstić information content (AvgIpc) is 2.77. The van der Waals surface area contributed by atoms with Gasteiger partial charge in [0.2, 0.25) is 0 Å². The van der Waals surface area contributed by atoms with Gasteiger partial charge in [0.25, 0.3) is 0 Å². The highest BCUT2D eigenvalue weighted by Gasteiger charge is 2.10. The van der Waals surface area contributed by atoms with E-state index in [-0.39, 0.29) is 6.61 Å². The first-order valence-electron chi connectivity index (χ1n) is 10.8. The summed E-state index contributed by atoms with van der Waals surface area (Å²) in [5, 5.41) is 13.8. The van der Waals surface area contributed by atoms with Gasteiger partial charge < -0.3 is 19.9 Å². The smallest absolute Gasteiger partial charge is 0.119 e. The zero-order valence-corrected chi connectivity index (χ0v) is 18.0. The maximum Gasteiger partial charge on any atom is 0.119 e. The monoisotopic (exact) mass is 413 g/mol. The van der Waals surface area contributed by atoms with Crippen molar-refractivity contribution in [3.05, 3.63) is 65.7 Å². The summed E-state index contributed by atoms with van der Waals surface area (Å²) in [6.07, 6.45) is -0.528. The molecule has 0 saturated carbocycles. The van der Waals surface area contributed by atoms with E-state index in [1.807, 2.05) is 37.4 Å². The topological polar surface area (TPSA) is 57.2 Å². The summed E-state index contributed by atoms with van der Waals surface area (Å²) in [4.78, 5) is 4.53. The molecule has 0 radical (unpaired) electrons. The van der Waals surface area contributed by atoms with Gasteiger partial charge in [-0.3, -0.25) is 9.80 Å². The molecule has 6 nitrogen and oxygen atoms in total. The van der Waals surface area contributed by atoms with Crippen LogP contribution in [0.2, 0.25) is 0 Å². The van der Waals surface area contributed by atoms with Crippen LogP contribution in [0.15, 0.2) is 54.6 Å². The van der Waals surface area contributed by atoms with Gasteiger partial charge in [0.05, 0.1) is 13.2 Å². The third-order valence-electron chi connectivity index (χ3n) is 5.22. The van der Waals surface area contributed by atoms with Crippen LogP contribution in [0.3, 0.4) is 0 Å². The highest BCUT2D eigenvalue weighted by atomic mass is 16.5. The lowest BCUT2D eigenvalue weighted by atomic mass is 10.2. The molecule has 1 aliphatic rings. The van der Waals surface area contributed by atoms with E-state index in [9.17, 15) is 5.11 Å². The minimum atomic E-state index is -0.528. The van der Waals surface area contributed by atoms with E-state index in [0.717, 1.165) is 58.2 Å². The van der Waals surface area contributed by atoms with Crippen LogP contribution in [-0.4, -0.2) is 80.6 Å². The SMILES string of the molecule is CN(Cc1ccccc1)CC(O)COc1ccc(CNCCN2CCOCC2)cc1. The molecule has 0 aromatic heterocycles. The van der Waals surface area contributed by atoms with Crippen LogP contribution in [-0.2, 0) is 17.8 Å². The fourth-order valence-electron chi connectivity index (χ4n) is 3.56. The number of morpholine rings is 1. The Kier molecular flexibility index (Phi) is 9.60. The second-order valence-corrected chi connectivity index (χ2v) is 7.92. The molecule has 0 aliphatic carbocycles. The molecule has 1 atom stereocenters. The Morgan fingerprint density at radius 3 is 2.53 bits per heavy atom. The van der Waals surface area contributed by atoms with E-state index in [1.54, 1.807) is 0 Å². The fraction of sp³-hybridized carbons (Fsp3) is 0.500. The summed E-state index contributed by atoms with van der Waals surface area (Å²) in [7, 11) is 2.01. The van der Waals surface area contributed by atoms with Gasteiger partial charge in [-0.2, -0.15) is 0 Å². The first-order chi connectivity index (χ1) is 14.7. The van der Waals surface area contributed by atoms with Crippen LogP contribution in [0, 0.1) is 0 Å². The van der Waals surface area contributed by atoms with Gasteiger partial charge >= 0.3 is 0 Å². The van der Waals surface area contributed by atoms with E-state index in [4.69, 9.17) is 9.47 Å². The Bertz CT molecular complexity index is 705. The number of hydrogen-bond donors (Lipinski definition) is 2. The van der Waals surface area contributed by atoms with E-state index in [2.05, 4.69) is 39.4 Å². The summed E-state index contributed by atoms with van der Waals surface area (Å²) in [5.41, 5.74) is 2.47. The zero-order chi connectivity index (χ0) is 21.0. The molecule has 0 bridgehead atoms. The molecular weight excluding hydrogens is 378 g/mol. The van der Waals surface area contributed by atoms with Gasteiger partial charge in [0, 0.05) is 45.8 Å². The molecule has 0 amide bonds. The van der Waals surface area contributed by atoms with Crippen molar-refractivity contribution >= 4 is 0 Å². The maximum atomic E-state index is 10.3. The summed E-state index contributed by atoms with van der Waals surface area (Å²) in [6.45, 7) is 8.29. The number of likely N-dealkylation sites (N-methyl/N-ethyl adjacent to an activating group) is 1. The van der Waals surface area contributed by atoms with Crippen LogP contribution in [0.5, 0.6) is 5.75 Å². The Labute approximate surface area is 180 Å². The second kappa shape index (κ2) is 12.7. The normalized spacial score (nSPS) is 16.0. The van der Waals surface area contributed by atoms with Gasteiger partial charge in [-0.25, -0.2) is 0 Å². The van der Waals surface area contributed by atoms with Crippen molar-refractivity contribution < 1.29 is 14.6 Å². The zero-order valence-electron chi connectivity index (χ0n) is 18.0. The van der Waals surface area contributed by atoms with Crippen LogP contribution in [0.1, 0.15) is 11.1 Å². The standard InChI is InChI=1S/C24H35N3O3/c1-26(18-22-5-3-2-4-6-22)19-23(28)20-30-24-9-7-21(8-10-24)17-25-11-12-27-13-15-29-16-14-27/h2-10,23,25,28H,11-20H2,1H3. The lowest BCUT2D eigenvalue weighted by molar-refractivity contribution is 0.0384. The molecule has 2 N–H and O–H groups in total. The summed E-state index contributed by atoms with van der Waals surface area (Å²) in [6, 6.07) is 18.4. The Morgan fingerprint density at radius 1 is 1.07 bits per heavy atom. The van der Waals surface area contributed by atoms with Gasteiger partial charge in [0.1, 0.15) is 18.5 Å². The summed E-state index contributed by atoms with van der Waals surface area (Å²) >= 11 is 0. The lowest BCUT2D eigenvalue weighted by Gasteiger charge is -2.26.